The molecule has 29 heavy (non-hydrogen) atoms. The predicted molar refractivity (Wildman–Crippen MR) is 100 cm³/mol. The topological polar surface area (TPSA) is 117 Å². The minimum atomic E-state index is -1.05. The van der Waals surface area contributed by atoms with E-state index in [1.54, 1.807) is 6.92 Å². The smallest absolute Gasteiger partial charge is 0.224 e. The SMILES string of the molecule is CC1=C(CC(=O)N[C@@H](CO)c2ccc(F)cc2F)C(O)NC2CCNC(C#N)C12. The lowest BCUT2D eigenvalue weighted by Crippen LogP contribution is -2.59. The highest BCUT2D eigenvalue weighted by Crippen LogP contribution is 2.33. The minimum Gasteiger partial charge on any atom is -0.394 e. The maximum Gasteiger partial charge on any atom is 0.224 e. The molecule has 0 bridgehead atoms. The number of halogens is 2. The molecule has 1 amide bonds. The Labute approximate surface area is 167 Å². The Hall–Kier alpha value is -2.38. The van der Waals surface area contributed by atoms with Gasteiger partial charge in [-0.05, 0) is 31.5 Å². The highest BCUT2D eigenvalue weighted by Gasteiger charge is 2.41. The number of nitrogens with zero attached hydrogens (tertiary/aromatic N) is 1. The van der Waals surface area contributed by atoms with Crippen LogP contribution in [0.5, 0.6) is 0 Å². The van der Waals surface area contributed by atoms with Crippen molar-refractivity contribution in [2.45, 2.75) is 44.1 Å². The Kier molecular flexibility index (Phi) is 6.59. The van der Waals surface area contributed by atoms with Gasteiger partial charge in [0.05, 0.1) is 25.1 Å². The molecule has 2 aliphatic heterocycles. The van der Waals surface area contributed by atoms with Crippen LogP contribution in [0, 0.1) is 28.9 Å². The molecular formula is C20H24F2N4O3. The van der Waals surface area contributed by atoms with E-state index in [9.17, 15) is 29.1 Å². The van der Waals surface area contributed by atoms with Crippen molar-refractivity contribution in [3.8, 4) is 6.07 Å². The maximum absolute atomic E-state index is 14.0. The zero-order valence-corrected chi connectivity index (χ0v) is 16.0. The van der Waals surface area contributed by atoms with Crippen LogP contribution in [0.1, 0.15) is 31.4 Å². The molecule has 5 N–H and O–H groups in total. The van der Waals surface area contributed by atoms with Crippen molar-refractivity contribution in [3.05, 3.63) is 46.5 Å². The number of carbonyl (C=O) groups is 1. The van der Waals surface area contributed by atoms with Gasteiger partial charge in [-0.3, -0.25) is 10.1 Å². The molecular weight excluding hydrogens is 382 g/mol. The van der Waals surface area contributed by atoms with E-state index < -0.39 is 42.5 Å². The summed E-state index contributed by atoms with van der Waals surface area (Å²) in [5.74, 6) is -2.33. The van der Waals surface area contributed by atoms with Crippen molar-refractivity contribution in [2.24, 2.45) is 5.92 Å². The van der Waals surface area contributed by atoms with Crippen LogP contribution in [0.15, 0.2) is 29.3 Å². The van der Waals surface area contributed by atoms with Crippen molar-refractivity contribution in [1.82, 2.24) is 16.0 Å². The van der Waals surface area contributed by atoms with Gasteiger partial charge in [0.15, 0.2) is 0 Å². The van der Waals surface area contributed by atoms with Crippen LogP contribution in [-0.2, 0) is 4.79 Å². The predicted octanol–water partition coefficient (Wildman–Crippen LogP) is 0.613. The number of rotatable bonds is 5. The summed E-state index contributed by atoms with van der Waals surface area (Å²) in [6.45, 7) is 1.88. The van der Waals surface area contributed by atoms with Crippen molar-refractivity contribution in [2.75, 3.05) is 13.2 Å². The molecule has 9 heteroatoms. The summed E-state index contributed by atoms with van der Waals surface area (Å²) in [5, 5.41) is 38.2. The molecule has 1 aromatic carbocycles. The average Bonchev–Trinajstić information content (AvgIpc) is 2.69. The van der Waals surface area contributed by atoms with Crippen LogP contribution < -0.4 is 16.0 Å². The summed E-state index contributed by atoms with van der Waals surface area (Å²) in [7, 11) is 0. The fourth-order valence-corrected chi connectivity index (χ4v) is 4.19. The van der Waals surface area contributed by atoms with Crippen LogP contribution in [-0.4, -0.2) is 47.6 Å². The van der Waals surface area contributed by atoms with Crippen LogP contribution in [0.2, 0.25) is 0 Å². The molecule has 0 aliphatic carbocycles. The Balaban J connectivity index is 1.77. The summed E-state index contributed by atoms with van der Waals surface area (Å²) >= 11 is 0. The standard InChI is InChI=1S/C20H24F2N4O3/c1-10-13(20(29)26-15-4-5-24-16(8-23)19(10)15)7-18(28)25-17(9-27)12-3-2-11(21)6-14(12)22/h2-3,6,15-17,19-20,24,26-27,29H,4-5,7,9H2,1H3,(H,25,28)/t15?,16?,17-,19?,20?/m0/s1. The number of amides is 1. The molecule has 2 aliphatic rings. The summed E-state index contributed by atoms with van der Waals surface area (Å²) in [5.41, 5.74) is 1.18. The number of benzene rings is 1. The van der Waals surface area contributed by atoms with Gasteiger partial charge in [0.25, 0.3) is 0 Å². The molecule has 2 heterocycles. The molecule has 4 unspecified atom stereocenters. The van der Waals surface area contributed by atoms with Crippen molar-refractivity contribution in [1.29, 1.82) is 5.26 Å². The summed E-state index contributed by atoms with van der Waals surface area (Å²) < 4.78 is 27.1. The van der Waals surface area contributed by atoms with Gasteiger partial charge in [-0.1, -0.05) is 11.6 Å². The van der Waals surface area contributed by atoms with Gasteiger partial charge in [0.2, 0.25) is 5.91 Å². The van der Waals surface area contributed by atoms with E-state index in [0.29, 0.717) is 18.2 Å². The van der Waals surface area contributed by atoms with Crippen LogP contribution in [0.4, 0.5) is 8.78 Å². The summed E-state index contributed by atoms with van der Waals surface area (Å²) in [4.78, 5) is 12.6. The molecule has 7 nitrogen and oxygen atoms in total. The quantitative estimate of drug-likeness (QED) is 0.458. The van der Waals surface area contributed by atoms with E-state index in [4.69, 9.17) is 0 Å². The molecule has 1 saturated heterocycles. The normalized spacial score (nSPS) is 27.7. The van der Waals surface area contributed by atoms with Crippen LogP contribution in [0.3, 0.4) is 0 Å². The van der Waals surface area contributed by atoms with Gasteiger partial charge in [-0.15, -0.1) is 0 Å². The highest BCUT2D eigenvalue weighted by atomic mass is 19.1. The van der Waals surface area contributed by atoms with Gasteiger partial charge in [-0.25, -0.2) is 8.78 Å². The van der Waals surface area contributed by atoms with E-state index in [0.717, 1.165) is 18.1 Å². The number of hydrogen-bond donors (Lipinski definition) is 5. The molecule has 5 atom stereocenters. The van der Waals surface area contributed by atoms with Gasteiger partial charge in [-0.2, -0.15) is 5.26 Å². The fraction of sp³-hybridized carbons (Fsp3) is 0.500. The van der Waals surface area contributed by atoms with Gasteiger partial charge in [0, 0.05) is 23.6 Å². The zero-order chi connectivity index (χ0) is 21.1. The Bertz CT molecular complexity index is 855. The number of nitrogens with one attached hydrogen (secondary N) is 3. The molecule has 1 fully saturated rings. The number of aliphatic hydroxyl groups excluding tert-OH is 2. The number of hydrogen-bond acceptors (Lipinski definition) is 6. The average molecular weight is 406 g/mol. The monoisotopic (exact) mass is 406 g/mol. The molecule has 0 saturated carbocycles. The van der Waals surface area contributed by atoms with Gasteiger partial charge >= 0.3 is 0 Å². The van der Waals surface area contributed by atoms with E-state index in [-0.39, 0.29) is 23.9 Å². The molecule has 1 aromatic rings. The molecule has 0 aromatic heterocycles. The number of fused-ring (bicyclic) bond motifs is 1. The second-order valence-corrected chi connectivity index (χ2v) is 7.40. The van der Waals surface area contributed by atoms with E-state index in [1.165, 1.54) is 6.07 Å². The summed E-state index contributed by atoms with van der Waals surface area (Å²) in [6, 6.07) is 3.58. The third-order valence-corrected chi connectivity index (χ3v) is 5.67. The molecule has 0 spiro atoms. The number of nitriles is 1. The van der Waals surface area contributed by atoms with Crippen LogP contribution >= 0.6 is 0 Å². The van der Waals surface area contributed by atoms with E-state index >= 15 is 0 Å². The van der Waals surface area contributed by atoms with Crippen molar-refractivity contribution < 1.29 is 23.8 Å². The molecule has 0 radical (unpaired) electrons. The zero-order valence-electron chi connectivity index (χ0n) is 16.0. The van der Waals surface area contributed by atoms with Gasteiger partial charge < -0.3 is 20.8 Å². The number of piperidine rings is 1. The van der Waals surface area contributed by atoms with E-state index in [2.05, 4.69) is 22.0 Å². The summed E-state index contributed by atoms with van der Waals surface area (Å²) in [6.07, 6.45) is -0.469. The third-order valence-electron chi connectivity index (χ3n) is 5.67. The first-order valence-electron chi connectivity index (χ1n) is 9.47. The van der Waals surface area contributed by atoms with Gasteiger partial charge in [0.1, 0.15) is 23.9 Å². The minimum absolute atomic E-state index is 0.0311. The Morgan fingerprint density at radius 1 is 1.45 bits per heavy atom. The number of carbonyl (C=O) groups excluding carboxylic acids is 1. The largest absolute Gasteiger partial charge is 0.394 e. The first kappa shape index (κ1) is 21.3. The third kappa shape index (κ3) is 4.46. The molecule has 3 rings (SSSR count). The first-order valence-corrected chi connectivity index (χ1v) is 9.47. The van der Waals surface area contributed by atoms with Crippen molar-refractivity contribution >= 4 is 5.91 Å². The second kappa shape index (κ2) is 8.97. The fourth-order valence-electron chi connectivity index (χ4n) is 4.19. The van der Waals surface area contributed by atoms with E-state index in [1.807, 2.05) is 0 Å². The molecule has 156 valence electrons. The lowest BCUT2D eigenvalue weighted by Gasteiger charge is -2.43. The Morgan fingerprint density at radius 3 is 2.86 bits per heavy atom. The van der Waals surface area contributed by atoms with Crippen LogP contribution in [0.25, 0.3) is 0 Å². The lowest BCUT2D eigenvalue weighted by molar-refractivity contribution is -0.121. The highest BCUT2D eigenvalue weighted by molar-refractivity contribution is 5.79. The van der Waals surface area contributed by atoms with Crippen molar-refractivity contribution in [3.63, 3.8) is 0 Å². The second-order valence-electron chi connectivity index (χ2n) is 7.40. The Morgan fingerprint density at radius 2 is 2.21 bits per heavy atom. The first-order chi connectivity index (χ1) is 13.8. The maximum atomic E-state index is 14.0. The number of aliphatic hydroxyl groups is 2. The lowest BCUT2D eigenvalue weighted by atomic mass is 9.76.